The topological polar surface area (TPSA) is 75.3 Å². The first-order valence-electron chi connectivity index (χ1n) is 7.63. The Morgan fingerprint density at radius 2 is 2.00 bits per heavy atom. The van der Waals surface area contributed by atoms with Crippen molar-refractivity contribution in [1.82, 2.24) is 0 Å². The summed E-state index contributed by atoms with van der Waals surface area (Å²) in [5.41, 5.74) is 1.77. The predicted octanol–water partition coefficient (Wildman–Crippen LogP) is 4.13. The normalized spacial score (nSPS) is 17.4. The van der Waals surface area contributed by atoms with Crippen LogP contribution in [0.5, 0.6) is 0 Å². The van der Waals surface area contributed by atoms with Gasteiger partial charge in [-0.1, -0.05) is 24.6 Å². The van der Waals surface area contributed by atoms with Crippen molar-refractivity contribution in [3.8, 4) is 0 Å². The standard InChI is InChI=1S/C17H17ClN2O3S2/c1-10-3-4-12(7-14(10)18)20-25(22,23)13-5-6-16-15(8-13)19-17(21)11(2)9-24-16/h3-8,11,20H,9H2,1-2H3,(H,19,21). The summed E-state index contributed by atoms with van der Waals surface area (Å²) in [4.78, 5) is 12.9. The number of benzene rings is 2. The average molecular weight is 397 g/mol. The second-order valence-corrected chi connectivity index (χ2v) is 9.08. The van der Waals surface area contributed by atoms with Gasteiger partial charge in [0.05, 0.1) is 16.3 Å². The van der Waals surface area contributed by atoms with Crippen molar-refractivity contribution in [3.63, 3.8) is 0 Å². The molecule has 1 amide bonds. The summed E-state index contributed by atoms with van der Waals surface area (Å²) in [6.07, 6.45) is 0. The lowest BCUT2D eigenvalue weighted by atomic mass is 10.2. The van der Waals surface area contributed by atoms with E-state index in [2.05, 4.69) is 10.0 Å². The van der Waals surface area contributed by atoms with Crippen LogP contribution in [0, 0.1) is 12.8 Å². The Labute approximate surface area is 156 Å². The molecule has 2 aromatic carbocycles. The Morgan fingerprint density at radius 3 is 2.72 bits per heavy atom. The lowest BCUT2D eigenvalue weighted by Crippen LogP contribution is -2.20. The van der Waals surface area contributed by atoms with E-state index in [4.69, 9.17) is 11.6 Å². The van der Waals surface area contributed by atoms with Gasteiger partial charge in [0, 0.05) is 21.6 Å². The number of sulfonamides is 1. The Kier molecular flexibility index (Phi) is 4.99. The predicted molar refractivity (Wildman–Crippen MR) is 102 cm³/mol. The van der Waals surface area contributed by atoms with Gasteiger partial charge >= 0.3 is 0 Å². The lowest BCUT2D eigenvalue weighted by molar-refractivity contribution is -0.118. The molecule has 1 atom stereocenters. The molecular weight excluding hydrogens is 380 g/mol. The smallest absolute Gasteiger partial charge is 0.261 e. The van der Waals surface area contributed by atoms with Crippen LogP contribution in [0.4, 0.5) is 11.4 Å². The van der Waals surface area contributed by atoms with Crippen LogP contribution in [0.15, 0.2) is 46.2 Å². The highest BCUT2D eigenvalue weighted by molar-refractivity contribution is 7.99. The van der Waals surface area contributed by atoms with Crippen LogP contribution in [0.25, 0.3) is 0 Å². The quantitative estimate of drug-likeness (QED) is 0.817. The first-order chi connectivity index (χ1) is 11.8. The molecule has 0 radical (unpaired) electrons. The van der Waals surface area contributed by atoms with E-state index in [-0.39, 0.29) is 16.7 Å². The minimum Gasteiger partial charge on any atom is -0.325 e. The Morgan fingerprint density at radius 1 is 1.24 bits per heavy atom. The molecule has 0 aromatic heterocycles. The van der Waals surface area contributed by atoms with Gasteiger partial charge < -0.3 is 5.32 Å². The molecule has 2 aromatic rings. The molecule has 1 aliphatic heterocycles. The van der Waals surface area contributed by atoms with E-state index in [1.54, 1.807) is 24.3 Å². The fraction of sp³-hybridized carbons (Fsp3) is 0.235. The second kappa shape index (κ2) is 6.90. The van der Waals surface area contributed by atoms with Crippen molar-refractivity contribution in [2.45, 2.75) is 23.6 Å². The van der Waals surface area contributed by atoms with Crippen LogP contribution in [0.1, 0.15) is 12.5 Å². The van der Waals surface area contributed by atoms with Gasteiger partial charge in [-0.2, -0.15) is 0 Å². The zero-order valence-corrected chi connectivity index (χ0v) is 16.1. The number of thioether (sulfide) groups is 1. The van der Waals surface area contributed by atoms with Crippen molar-refractivity contribution in [2.75, 3.05) is 15.8 Å². The number of fused-ring (bicyclic) bond motifs is 1. The Bertz CT molecular complexity index is 945. The van der Waals surface area contributed by atoms with Crippen molar-refractivity contribution in [2.24, 2.45) is 5.92 Å². The highest BCUT2D eigenvalue weighted by atomic mass is 35.5. The molecule has 1 unspecified atom stereocenters. The molecule has 0 saturated carbocycles. The molecule has 0 fully saturated rings. The lowest BCUT2D eigenvalue weighted by Gasteiger charge is -2.12. The van der Waals surface area contributed by atoms with E-state index >= 15 is 0 Å². The summed E-state index contributed by atoms with van der Waals surface area (Å²) in [5, 5.41) is 3.28. The number of carbonyl (C=O) groups excluding carboxylic acids is 1. The van der Waals surface area contributed by atoms with Gasteiger partial charge in [0.1, 0.15) is 0 Å². The number of carbonyl (C=O) groups is 1. The first kappa shape index (κ1) is 18.1. The van der Waals surface area contributed by atoms with E-state index in [1.165, 1.54) is 23.9 Å². The molecule has 2 N–H and O–H groups in total. The highest BCUT2D eigenvalue weighted by Gasteiger charge is 2.23. The van der Waals surface area contributed by atoms with Crippen LogP contribution < -0.4 is 10.0 Å². The van der Waals surface area contributed by atoms with Crippen LogP contribution in [0.2, 0.25) is 5.02 Å². The number of hydrogen-bond donors (Lipinski definition) is 2. The fourth-order valence-electron chi connectivity index (χ4n) is 2.32. The first-order valence-corrected chi connectivity index (χ1v) is 10.5. The third-order valence-corrected chi connectivity index (χ3v) is 7.00. The van der Waals surface area contributed by atoms with Crippen LogP contribution in [-0.4, -0.2) is 20.1 Å². The molecule has 0 saturated heterocycles. The molecule has 8 heteroatoms. The van der Waals surface area contributed by atoms with Gasteiger partial charge in [-0.25, -0.2) is 8.42 Å². The van der Waals surface area contributed by atoms with Crippen LogP contribution in [0.3, 0.4) is 0 Å². The molecule has 1 aliphatic rings. The van der Waals surface area contributed by atoms with Gasteiger partial charge in [0.15, 0.2) is 0 Å². The summed E-state index contributed by atoms with van der Waals surface area (Å²) in [7, 11) is -3.79. The maximum atomic E-state index is 12.6. The van der Waals surface area contributed by atoms with Crippen molar-refractivity contribution >= 4 is 50.7 Å². The summed E-state index contributed by atoms with van der Waals surface area (Å²) >= 11 is 7.58. The largest absolute Gasteiger partial charge is 0.325 e. The zero-order valence-electron chi connectivity index (χ0n) is 13.7. The summed E-state index contributed by atoms with van der Waals surface area (Å²) in [6.45, 7) is 3.68. The molecule has 0 aliphatic carbocycles. The van der Waals surface area contributed by atoms with Gasteiger partial charge in [-0.3, -0.25) is 9.52 Å². The maximum absolute atomic E-state index is 12.6. The monoisotopic (exact) mass is 396 g/mol. The summed E-state index contributed by atoms with van der Waals surface area (Å²) in [5.74, 6) is 0.412. The van der Waals surface area contributed by atoms with Gasteiger partial charge in [0.25, 0.3) is 10.0 Å². The van der Waals surface area contributed by atoms with E-state index in [9.17, 15) is 13.2 Å². The zero-order chi connectivity index (χ0) is 18.2. The van der Waals surface area contributed by atoms with E-state index < -0.39 is 10.0 Å². The molecule has 0 spiro atoms. The number of anilines is 2. The van der Waals surface area contributed by atoms with Crippen LogP contribution in [-0.2, 0) is 14.8 Å². The Balaban J connectivity index is 1.91. The minimum absolute atomic E-state index is 0.0819. The van der Waals surface area contributed by atoms with Crippen LogP contribution >= 0.6 is 23.4 Å². The van der Waals surface area contributed by atoms with Crippen molar-refractivity contribution in [3.05, 3.63) is 47.0 Å². The SMILES string of the molecule is Cc1ccc(NS(=O)(=O)c2ccc3c(c2)NC(=O)C(C)CS3)cc1Cl. The fourth-order valence-corrected chi connectivity index (χ4v) is 4.58. The van der Waals surface area contributed by atoms with E-state index in [0.29, 0.717) is 22.2 Å². The van der Waals surface area contributed by atoms with Gasteiger partial charge in [-0.05, 0) is 42.8 Å². The molecule has 132 valence electrons. The summed E-state index contributed by atoms with van der Waals surface area (Å²) < 4.78 is 27.8. The number of amides is 1. The molecule has 25 heavy (non-hydrogen) atoms. The second-order valence-electron chi connectivity index (χ2n) is 5.93. The number of hydrogen-bond acceptors (Lipinski definition) is 4. The van der Waals surface area contributed by atoms with Crippen molar-refractivity contribution < 1.29 is 13.2 Å². The minimum atomic E-state index is -3.79. The Hall–Kier alpha value is -1.70. The number of rotatable bonds is 3. The highest BCUT2D eigenvalue weighted by Crippen LogP contribution is 2.34. The number of halogens is 1. The van der Waals surface area contributed by atoms with E-state index in [1.807, 2.05) is 13.8 Å². The number of aryl methyl sites for hydroxylation is 1. The molecule has 1 heterocycles. The third kappa shape index (κ3) is 3.94. The summed E-state index contributed by atoms with van der Waals surface area (Å²) in [6, 6.07) is 9.70. The third-order valence-electron chi connectivity index (χ3n) is 3.88. The number of nitrogens with one attached hydrogen (secondary N) is 2. The van der Waals surface area contributed by atoms with Gasteiger partial charge in [0.2, 0.25) is 5.91 Å². The molecule has 0 bridgehead atoms. The average Bonchev–Trinajstić information content (AvgIpc) is 2.69. The molecule has 3 rings (SSSR count). The van der Waals surface area contributed by atoms with Crippen molar-refractivity contribution in [1.29, 1.82) is 0 Å². The molecular formula is C17H17ClN2O3S2. The molecule has 5 nitrogen and oxygen atoms in total. The maximum Gasteiger partial charge on any atom is 0.261 e. The van der Waals surface area contributed by atoms with Gasteiger partial charge in [-0.15, -0.1) is 11.8 Å². The van der Waals surface area contributed by atoms with E-state index in [0.717, 1.165) is 10.5 Å².